The SMILES string of the molecule is C=CCOC(=O)C1(c2c(OC)cc(OC)cc2OC)C(=O)OCc2ccccc21. The highest BCUT2D eigenvalue weighted by Gasteiger charge is 2.58. The molecule has 7 heteroatoms. The molecule has 2 aromatic carbocycles. The number of rotatable bonds is 7. The van der Waals surface area contributed by atoms with E-state index in [4.69, 9.17) is 23.7 Å². The second-order valence-corrected chi connectivity index (χ2v) is 6.28. The molecule has 0 amide bonds. The summed E-state index contributed by atoms with van der Waals surface area (Å²) in [7, 11) is 4.35. The second-order valence-electron chi connectivity index (χ2n) is 6.28. The van der Waals surface area contributed by atoms with E-state index in [2.05, 4.69) is 6.58 Å². The molecule has 0 aromatic heterocycles. The summed E-state index contributed by atoms with van der Waals surface area (Å²) in [5.41, 5.74) is -0.606. The molecule has 1 aliphatic rings. The van der Waals surface area contributed by atoms with Crippen LogP contribution in [-0.2, 0) is 31.1 Å². The lowest BCUT2D eigenvalue weighted by Gasteiger charge is -2.36. The van der Waals surface area contributed by atoms with Gasteiger partial charge in [-0.2, -0.15) is 0 Å². The summed E-state index contributed by atoms with van der Waals surface area (Å²) in [4.78, 5) is 26.7. The first-order valence-corrected chi connectivity index (χ1v) is 8.88. The fraction of sp³-hybridized carbons (Fsp3) is 0.273. The van der Waals surface area contributed by atoms with Gasteiger partial charge in [-0.25, -0.2) is 0 Å². The standard InChI is InChI=1S/C22H22O7/c1-5-10-28-20(23)22(16-9-7-6-8-14(16)13-29-21(22)24)19-17(26-3)11-15(25-2)12-18(19)27-4/h5-9,11-12H,1,10,13H2,2-4H3. The predicted octanol–water partition coefficient (Wildman–Crippen LogP) is 2.78. The van der Waals surface area contributed by atoms with Gasteiger partial charge in [0, 0.05) is 12.1 Å². The van der Waals surface area contributed by atoms with E-state index in [1.54, 1.807) is 36.4 Å². The van der Waals surface area contributed by atoms with Crippen molar-refractivity contribution in [1.82, 2.24) is 0 Å². The molecule has 1 heterocycles. The van der Waals surface area contributed by atoms with E-state index in [9.17, 15) is 9.59 Å². The fourth-order valence-corrected chi connectivity index (χ4v) is 3.52. The van der Waals surface area contributed by atoms with Crippen molar-refractivity contribution in [2.45, 2.75) is 12.0 Å². The minimum Gasteiger partial charge on any atom is -0.496 e. The van der Waals surface area contributed by atoms with Gasteiger partial charge < -0.3 is 23.7 Å². The lowest BCUT2D eigenvalue weighted by atomic mass is 9.70. The van der Waals surface area contributed by atoms with Crippen molar-refractivity contribution in [3.05, 3.63) is 65.7 Å². The van der Waals surface area contributed by atoms with E-state index in [-0.39, 0.29) is 30.3 Å². The van der Waals surface area contributed by atoms with Gasteiger partial charge >= 0.3 is 11.9 Å². The maximum absolute atomic E-state index is 13.4. The monoisotopic (exact) mass is 398 g/mol. The number of carbonyl (C=O) groups excluding carboxylic acids is 2. The van der Waals surface area contributed by atoms with Crippen LogP contribution in [0.25, 0.3) is 0 Å². The van der Waals surface area contributed by atoms with Gasteiger partial charge in [-0.05, 0) is 11.1 Å². The van der Waals surface area contributed by atoms with E-state index < -0.39 is 17.4 Å². The van der Waals surface area contributed by atoms with Crippen molar-refractivity contribution in [2.75, 3.05) is 27.9 Å². The molecular weight excluding hydrogens is 376 g/mol. The Labute approximate surface area is 168 Å². The second kappa shape index (κ2) is 8.26. The molecule has 0 saturated heterocycles. The van der Waals surface area contributed by atoms with Crippen molar-refractivity contribution in [3.8, 4) is 17.2 Å². The van der Waals surface area contributed by atoms with Gasteiger partial charge in [0.05, 0.1) is 26.9 Å². The summed E-state index contributed by atoms with van der Waals surface area (Å²) in [5.74, 6) is -0.686. The van der Waals surface area contributed by atoms with Crippen molar-refractivity contribution in [3.63, 3.8) is 0 Å². The smallest absolute Gasteiger partial charge is 0.333 e. The summed E-state index contributed by atoms with van der Waals surface area (Å²) in [6.07, 6.45) is 1.42. The summed E-state index contributed by atoms with van der Waals surface area (Å²) in [6, 6.07) is 10.2. The first-order chi connectivity index (χ1) is 14.0. The molecule has 2 aromatic rings. The van der Waals surface area contributed by atoms with E-state index in [0.717, 1.165) is 0 Å². The molecule has 0 radical (unpaired) electrons. The normalized spacial score (nSPS) is 17.6. The largest absolute Gasteiger partial charge is 0.496 e. The molecule has 152 valence electrons. The van der Waals surface area contributed by atoms with Crippen molar-refractivity contribution in [2.24, 2.45) is 0 Å². The summed E-state index contributed by atoms with van der Waals surface area (Å²) in [6.45, 7) is 3.54. The average molecular weight is 398 g/mol. The van der Waals surface area contributed by atoms with Crippen LogP contribution >= 0.6 is 0 Å². The Morgan fingerprint density at radius 2 is 1.79 bits per heavy atom. The minimum absolute atomic E-state index is 0.0479. The van der Waals surface area contributed by atoms with Crippen LogP contribution in [0.1, 0.15) is 16.7 Å². The van der Waals surface area contributed by atoms with Crippen molar-refractivity contribution < 1.29 is 33.3 Å². The highest BCUT2D eigenvalue weighted by molar-refractivity contribution is 6.12. The van der Waals surface area contributed by atoms with E-state index in [1.807, 2.05) is 0 Å². The van der Waals surface area contributed by atoms with Gasteiger partial charge in [-0.1, -0.05) is 36.9 Å². The van der Waals surface area contributed by atoms with Gasteiger partial charge in [0.25, 0.3) is 0 Å². The number of ether oxygens (including phenoxy) is 5. The van der Waals surface area contributed by atoms with E-state index in [0.29, 0.717) is 16.9 Å². The quantitative estimate of drug-likeness (QED) is 0.403. The number of methoxy groups -OCH3 is 3. The Kier molecular flexibility index (Phi) is 5.77. The zero-order valence-corrected chi connectivity index (χ0v) is 16.5. The Balaban J connectivity index is 2.42. The molecular formula is C22H22O7. The van der Waals surface area contributed by atoms with Crippen LogP contribution in [0.2, 0.25) is 0 Å². The maximum atomic E-state index is 13.4. The Hall–Kier alpha value is -3.48. The molecule has 29 heavy (non-hydrogen) atoms. The third-order valence-corrected chi connectivity index (χ3v) is 4.81. The molecule has 7 nitrogen and oxygen atoms in total. The van der Waals surface area contributed by atoms with Crippen LogP contribution < -0.4 is 14.2 Å². The summed E-state index contributed by atoms with van der Waals surface area (Å²) >= 11 is 0. The molecule has 0 bridgehead atoms. The number of benzene rings is 2. The zero-order chi connectivity index (χ0) is 21.0. The average Bonchev–Trinajstić information content (AvgIpc) is 2.76. The van der Waals surface area contributed by atoms with Crippen molar-refractivity contribution in [1.29, 1.82) is 0 Å². The lowest BCUT2D eigenvalue weighted by molar-refractivity contribution is -0.165. The van der Waals surface area contributed by atoms with Gasteiger partial charge in [-0.15, -0.1) is 0 Å². The Morgan fingerprint density at radius 3 is 2.38 bits per heavy atom. The number of fused-ring (bicyclic) bond motifs is 1. The van der Waals surface area contributed by atoms with Crippen LogP contribution in [0.15, 0.2) is 49.1 Å². The summed E-state index contributed by atoms with van der Waals surface area (Å²) < 4.78 is 27.1. The molecule has 0 N–H and O–H groups in total. The molecule has 1 aliphatic heterocycles. The maximum Gasteiger partial charge on any atom is 0.333 e. The van der Waals surface area contributed by atoms with Crippen LogP contribution in [0, 0.1) is 0 Å². The Bertz CT molecular complexity index is 925. The van der Waals surface area contributed by atoms with Gasteiger partial charge in [-0.3, -0.25) is 9.59 Å². The molecule has 0 aliphatic carbocycles. The minimum atomic E-state index is -1.93. The molecule has 0 fully saturated rings. The molecule has 1 unspecified atom stereocenters. The summed E-state index contributed by atoms with van der Waals surface area (Å²) in [5, 5.41) is 0. The first kappa shape index (κ1) is 20.3. The van der Waals surface area contributed by atoms with Gasteiger partial charge in [0.2, 0.25) is 5.41 Å². The predicted molar refractivity (Wildman–Crippen MR) is 104 cm³/mol. The third-order valence-electron chi connectivity index (χ3n) is 4.81. The van der Waals surface area contributed by atoms with E-state index >= 15 is 0 Å². The van der Waals surface area contributed by atoms with Gasteiger partial charge in [0.15, 0.2) is 0 Å². The number of carbonyl (C=O) groups is 2. The highest BCUT2D eigenvalue weighted by atomic mass is 16.6. The topological polar surface area (TPSA) is 80.3 Å². The number of esters is 2. The van der Waals surface area contributed by atoms with E-state index in [1.165, 1.54) is 27.4 Å². The van der Waals surface area contributed by atoms with Crippen LogP contribution in [-0.4, -0.2) is 39.9 Å². The van der Waals surface area contributed by atoms with Crippen molar-refractivity contribution >= 4 is 11.9 Å². The zero-order valence-electron chi connectivity index (χ0n) is 16.5. The number of hydrogen-bond donors (Lipinski definition) is 0. The van der Waals surface area contributed by atoms with Crippen LogP contribution in [0.3, 0.4) is 0 Å². The molecule has 0 spiro atoms. The molecule has 0 saturated carbocycles. The molecule has 1 atom stereocenters. The first-order valence-electron chi connectivity index (χ1n) is 8.88. The van der Waals surface area contributed by atoms with Crippen LogP contribution in [0.5, 0.6) is 17.2 Å². The Morgan fingerprint density at radius 1 is 1.14 bits per heavy atom. The number of cyclic esters (lactones) is 1. The fourth-order valence-electron chi connectivity index (χ4n) is 3.52. The van der Waals surface area contributed by atoms with Gasteiger partial charge in [0.1, 0.15) is 30.5 Å². The third kappa shape index (κ3) is 3.18. The lowest BCUT2D eigenvalue weighted by Crippen LogP contribution is -2.50. The number of hydrogen-bond acceptors (Lipinski definition) is 7. The van der Waals surface area contributed by atoms with Crippen LogP contribution in [0.4, 0.5) is 0 Å². The highest BCUT2D eigenvalue weighted by Crippen LogP contribution is 2.49. The molecule has 3 rings (SSSR count).